The lowest BCUT2D eigenvalue weighted by Crippen LogP contribution is -2.55. The molecule has 2 N–H and O–H groups in total. The number of benzene rings is 1. The molecule has 1 aromatic carbocycles. The predicted molar refractivity (Wildman–Crippen MR) is 69.8 cm³/mol. The fourth-order valence-electron chi connectivity index (χ4n) is 2.38. The molecule has 1 fully saturated rings. The van der Waals surface area contributed by atoms with Gasteiger partial charge >= 0.3 is 0 Å². The van der Waals surface area contributed by atoms with E-state index in [4.69, 9.17) is 5.11 Å². The molecule has 0 unspecified atom stereocenters. The zero-order chi connectivity index (χ0) is 12.1. The zero-order valence-electron chi connectivity index (χ0n) is 10.5. The fourth-order valence-corrected chi connectivity index (χ4v) is 2.38. The Morgan fingerprint density at radius 1 is 1.35 bits per heavy atom. The first-order valence-corrected chi connectivity index (χ1v) is 6.42. The quantitative estimate of drug-likeness (QED) is 0.822. The van der Waals surface area contributed by atoms with E-state index in [1.54, 1.807) is 0 Å². The van der Waals surface area contributed by atoms with Crippen molar-refractivity contribution in [2.45, 2.75) is 32.0 Å². The molecule has 94 valence electrons. The molecule has 0 spiro atoms. The molecule has 1 aromatic rings. The van der Waals surface area contributed by atoms with Crippen molar-refractivity contribution in [2.75, 3.05) is 19.7 Å². The molecule has 3 nitrogen and oxygen atoms in total. The molecule has 1 saturated heterocycles. The van der Waals surface area contributed by atoms with Gasteiger partial charge in [-0.2, -0.15) is 0 Å². The minimum atomic E-state index is 0.269. The van der Waals surface area contributed by atoms with Gasteiger partial charge in [-0.25, -0.2) is 0 Å². The van der Waals surface area contributed by atoms with Gasteiger partial charge in [0.2, 0.25) is 0 Å². The van der Waals surface area contributed by atoms with E-state index < -0.39 is 0 Å². The summed E-state index contributed by atoms with van der Waals surface area (Å²) in [6, 6.07) is 11.6. The van der Waals surface area contributed by atoms with Crippen molar-refractivity contribution in [3.63, 3.8) is 0 Å². The van der Waals surface area contributed by atoms with Gasteiger partial charge in [0.25, 0.3) is 0 Å². The number of aliphatic hydroxyl groups is 1. The molecule has 0 saturated carbocycles. The van der Waals surface area contributed by atoms with Gasteiger partial charge < -0.3 is 10.4 Å². The number of piperazine rings is 1. The monoisotopic (exact) mass is 234 g/mol. The maximum absolute atomic E-state index is 9.00. The summed E-state index contributed by atoms with van der Waals surface area (Å²) in [7, 11) is 0. The lowest BCUT2D eigenvalue weighted by Gasteiger charge is -2.38. The third-order valence-electron chi connectivity index (χ3n) is 3.49. The molecule has 2 atom stereocenters. The highest BCUT2D eigenvalue weighted by Crippen LogP contribution is 2.13. The van der Waals surface area contributed by atoms with Crippen molar-refractivity contribution < 1.29 is 5.11 Å². The standard InChI is InChI=1S/C14H22N2O/c1-12-9-15-14(7-8-17)11-16(12)10-13-5-3-2-4-6-13/h2-6,12,14-15,17H,7-11H2,1H3/t12-,14-/m1/s1. The van der Waals surface area contributed by atoms with Crippen LogP contribution in [0.4, 0.5) is 0 Å². The van der Waals surface area contributed by atoms with Crippen molar-refractivity contribution in [1.29, 1.82) is 0 Å². The molecule has 2 rings (SSSR count). The van der Waals surface area contributed by atoms with Gasteiger partial charge in [-0.05, 0) is 18.9 Å². The van der Waals surface area contributed by atoms with Crippen molar-refractivity contribution in [1.82, 2.24) is 10.2 Å². The van der Waals surface area contributed by atoms with E-state index in [-0.39, 0.29) is 6.61 Å². The highest BCUT2D eigenvalue weighted by atomic mass is 16.3. The van der Waals surface area contributed by atoms with Crippen LogP contribution in [0.1, 0.15) is 18.9 Å². The SMILES string of the molecule is C[C@@H]1CN[C@H](CCO)CN1Cc1ccccc1. The Kier molecular flexibility index (Phi) is 4.54. The second-order valence-electron chi connectivity index (χ2n) is 4.88. The molecule has 17 heavy (non-hydrogen) atoms. The summed E-state index contributed by atoms with van der Waals surface area (Å²) < 4.78 is 0. The van der Waals surface area contributed by atoms with E-state index in [2.05, 4.69) is 47.5 Å². The van der Waals surface area contributed by atoms with E-state index in [1.165, 1.54) is 5.56 Å². The average molecular weight is 234 g/mol. The van der Waals surface area contributed by atoms with Gasteiger partial charge in [-0.1, -0.05) is 30.3 Å². The van der Waals surface area contributed by atoms with Crippen molar-refractivity contribution in [2.24, 2.45) is 0 Å². The Labute approximate surface area is 103 Å². The van der Waals surface area contributed by atoms with Crippen LogP contribution < -0.4 is 5.32 Å². The predicted octanol–water partition coefficient (Wildman–Crippen LogP) is 1.23. The van der Waals surface area contributed by atoms with Crippen LogP contribution in [0.2, 0.25) is 0 Å². The summed E-state index contributed by atoms with van der Waals surface area (Å²) in [5, 5.41) is 12.5. The first-order valence-electron chi connectivity index (χ1n) is 6.42. The smallest absolute Gasteiger partial charge is 0.0446 e. The topological polar surface area (TPSA) is 35.5 Å². The fraction of sp³-hybridized carbons (Fsp3) is 0.571. The summed E-state index contributed by atoms with van der Waals surface area (Å²) in [5.41, 5.74) is 1.36. The van der Waals surface area contributed by atoms with E-state index in [0.29, 0.717) is 12.1 Å². The maximum atomic E-state index is 9.00. The Morgan fingerprint density at radius 2 is 2.12 bits per heavy atom. The average Bonchev–Trinajstić information content (AvgIpc) is 2.35. The number of aliphatic hydroxyl groups excluding tert-OH is 1. The number of rotatable bonds is 4. The van der Waals surface area contributed by atoms with Crippen LogP contribution in [-0.2, 0) is 6.54 Å². The van der Waals surface area contributed by atoms with Crippen molar-refractivity contribution in [3.05, 3.63) is 35.9 Å². The summed E-state index contributed by atoms with van der Waals surface area (Å²) in [6.07, 6.45) is 0.845. The number of hydrogen-bond acceptors (Lipinski definition) is 3. The Bertz CT molecular complexity index is 328. The first-order chi connectivity index (χ1) is 8.29. The molecule has 1 aliphatic heterocycles. The molecule has 0 bridgehead atoms. The summed E-state index contributed by atoms with van der Waals surface area (Å²) >= 11 is 0. The molecular weight excluding hydrogens is 212 g/mol. The Hall–Kier alpha value is -0.900. The van der Waals surface area contributed by atoms with Crippen LogP contribution in [0.15, 0.2) is 30.3 Å². The molecular formula is C14H22N2O. The van der Waals surface area contributed by atoms with Crippen LogP contribution >= 0.6 is 0 Å². The molecule has 1 aliphatic rings. The van der Waals surface area contributed by atoms with E-state index >= 15 is 0 Å². The van der Waals surface area contributed by atoms with E-state index in [9.17, 15) is 0 Å². The highest BCUT2D eigenvalue weighted by Gasteiger charge is 2.24. The molecule has 0 aliphatic carbocycles. The molecule has 0 aromatic heterocycles. The number of nitrogens with one attached hydrogen (secondary N) is 1. The zero-order valence-corrected chi connectivity index (χ0v) is 10.5. The largest absolute Gasteiger partial charge is 0.396 e. The third-order valence-corrected chi connectivity index (χ3v) is 3.49. The minimum Gasteiger partial charge on any atom is -0.396 e. The van der Waals surface area contributed by atoms with Crippen LogP contribution in [0, 0.1) is 0 Å². The molecule has 1 heterocycles. The van der Waals surface area contributed by atoms with Crippen LogP contribution in [0.25, 0.3) is 0 Å². The van der Waals surface area contributed by atoms with Crippen LogP contribution in [0.5, 0.6) is 0 Å². The summed E-state index contributed by atoms with van der Waals surface area (Å²) in [4.78, 5) is 2.49. The van der Waals surface area contributed by atoms with Crippen LogP contribution in [-0.4, -0.2) is 41.8 Å². The summed E-state index contributed by atoms with van der Waals surface area (Å²) in [5.74, 6) is 0. The minimum absolute atomic E-state index is 0.269. The van der Waals surface area contributed by atoms with Crippen molar-refractivity contribution >= 4 is 0 Å². The molecule has 0 amide bonds. The Morgan fingerprint density at radius 3 is 2.82 bits per heavy atom. The highest BCUT2D eigenvalue weighted by molar-refractivity contribution is 5.14. The lowest BCUT2D eigenvalue weighted by molar-refractivity contribution is 0.120. The second-order valence-corrected chi connectivity index (χ2v) is 4.88. The first kappa shape index (κ1) is 12.6. The van der Waals surface area contributed by atoms with Gasteiger partial charge in [0.15, 0.2) is 0 Å². The number of nitrogens with zero attached hydrogens (tertiary/aromatic N) is 1. The number of hydrogen-bond donors (Lipinski definition) is 2. The second kappa shape index (κ2) is 6.15. The van der Waals surface area contributed by atoms with Gasteiger partial charge in [0, 0.05) is 38.3 Å². The summed E-state index contributed by atoms with van der Waals surface area (Å²) in [6.45, 7) is 5.57. The van der Waals surface area contributed by atoms with Crippen molar-refractivity contribution in [3.8, 4) is 0 Å². The molecule has 3 heteroatoms. The third kappa shape index (κ3) is 3.53. The normalized spacial score (nSPS) is 26.0. The van der Waals surface area contributed by atoms with Gasteiger partial charge in [0.05, 0.1) is 0 Å². The van der Waals surface area contributed by atoms with Gasteiger partial charge in [0.1, 0.15) is 0 Å². The Balaban J connectivity index is 1.94. The van der Waals surface area contributed by atoms with Gasteiger partial charge in [-0.3, -0.25) is 4.90 Å². The van der Waals surface area contributed by atoms with E-state index in [1.807, 2.05) is 0 Å². The lowest BCUT2D eigenvalue weighted by atomic mass is 10.1. The van der Waals surface area contributed by atoms with Crippen LogP contribution in [0.3, 0.4) is 0 Å². The maximum Gasteiger partial charge on any atom is 0.0446 e. The van der Waals surface area contributed by atoms with Gasteiger partial charge in [-0.15, -0.1) is 0 Å². The molecule has 0 radical (unpaired) electrons. The van der Waals surface area contributed by atoms with E-state index in [0.717, 1.165) is 26.1 Å².